The Labute approximate surface area is 213 Å². The van der Waals surface area contributed by atoms with Gasteiger partial charge in [0.25, 0.3) is 5.91 Å². The molecule has 2 aromatic rings. The van der Waals surface area contributed by atoms with Gasteiger partial charge in [-0.25, -0.2) is 8.78 Å². The molecule has 1 saturated heterocycles. The van der Waals surface area contributed by atoms with Gasteiger partial charge < -0.3 is 25.4 Å². The summed E-state index contributed by atoms with van der Waals surface area (Å²) in [5, 5.41) is 37.1. The van der Waals surface area contributed by atoms with Crippen LogP contribution >= 0.6 is 0 Å². The molecule has 2 fully saturated rings. The highest BCUT2D eigenvalue weighted by atomic mass is 19.2. The number of carbonyl (C=O) groups is 1. The molecule has 0 aromatic heterocycles. The molecular weight excluding hydrogens is 482 g/mol. The van der Waals surface area contributed by atoms with E-state index in [9.17, 15) is 28.9 Å². The second-order valence-electron chi connectivity index (χ2n) is 10.9. The van der Waals surface area contributed by atoms with Crippen LogP contribution in [0.15, 0.2) is 41.7 Å². The van der Waals surface area contributed by atoms with Crippen LogP contribution in [-0.2, 0) is 16.6 Å². The highest BCUT2D eigenvalue weighted by Crippen LogP contribution is 2.66. The maximum atomic E-state index is 13.7. The number of hydrogen-bond acceptors (Lipinski definition) is 6. The number of carbonyl (C=O) groups excluding carboxylic acids is 1. The summed E-state index contributed by atoms with van der Waals surface area (Å²) in [6.45, 7) is 1.57. The second kappa shape index (κ2) is 7.91. The number of anilines is 1. The first-order valence-corrected chi connectivity index (χ1v) is 12.4. The SMILES string of the molecule is C.O=C(Nc1ccc(F)c(F)c1)C1=C(O)[C@@H]2Oc3c(O)ccc4c3[C@@]23CCN(CC2CC2)[C@H](C4)[C@]3(O)C1. The lowest BCUT2D eigenvalue weighted by molar-refractivity contribution is -0.172. The van der Waals surface area contributed by atoms with Crippen molar-refractivity contribution in [3.63, 3.8) is 0 Å². The van der Waals surface area contributed by atoms with Crippen LogP contribution in [0, 0.1) is 17.6 Å². The fraction of sp³-hybridized carbons (Fsp3) is 0.464. The zero-order chi connectivity index (χ0) is 25.0. The van der Waals surface area contributed by atoms with Gasteiger partial charge in [-0.1, -0.05) is 13.5 Å². The van der Waals surface area contributed by atoms with Crippen molar-refractivity contribution < 1.29 is 33.6 Å². The number of piperidine rings is 1. The first-order chi connectivity index (χ1) is 17.2. The Bertz CT molecular complexity index is 1360. The molecular formula is C28H30F2N2O5. The molecule has 4 N–H and O–H groups in total. The number of halogens is 2. The number of phenolic OH excluding ortho intramolecular Hbond substituents is 1. The Morgan fingerprint density at radius 3 is 2.68 bits per heavy atom. The average molecular weight is 513 g/mol. The van der Waals surface area contributed by atoms with Gasteiger partial charge in [0.15, 0.2) is 29.2 Å². The summed E-state index contributed by atoms with van der Waals surface area (Å²) in [5.41, 5.74) is -0.774. The molecule has 1 saturated carbocycles. The zero-order valence-electron chi connectivity index (χ0n) is 19.4. The number of ether oxygens (including phenoxy) is 1. The molecule has 4 atom stereocenters. The topological polar surface area (TPSA) is 102 Å². The van der Waals surface area contributed by atoms with Crippen LogP contribution in [0.4, 0.5) is 14.5 Å². The average Bonchev–Trinajstić information content (AvgIpc) is 3.58. The molecule has 7 rings (SSSR count). The van der Waals surface area contributed by atoms with Gasteiger partial charge in [-0.2, -0.15) is 0 Å². The number of amides is 1. The predicted octanol–water partition coefficient (Wildman–Crippen LogP) is 3.93. The minimum absolute atomic E-state index is 0. The van der Waals surface area contributed by atoms with Crippen LogP contribution in [0.1, 0.15) is 44.2 Å². The lowest BCUT2D eigenvalue weighted by Gasteiger charge is -2.62. The van der Waals surface area contributed by atoms with E-state index >= 15 is 0 Å². The zero-order valence-corrected chi connectivity index (χ0v) is 19.4. The number of nitrogens with one attached hydrogen (secondary N) is 1. The Morgan fingerprint density at radius 1 is 1.16 bits per heavy atom. The predicted molar refractivity (Wildman–Crippen MR) is 132 cm³/mol. The van der Waals surface area contributed by atoms with Crippen molar-refractivity contribution in [1.29, 1.82) is 0 Å². The number of aliphatic hydroxyl groups excluding tert-OH is 1. The molecule has 5 aliphatic rings. The normalized spacial score (nSPS) is 31.3. The molecule has 9 heteroatoms. The number of aliphatic hydroxyl groups is 2. The third kappa shape index (κ3) is 3.13. The van der Waals surface area contributed by atoms with Crippen molar-refractivity contribution in [2.24, 2.45) is 5.92 Å². The molecule has 2 aromatic carbocycles. The number of aromatic hydroxyl groups is 1. The summed E-state index contributed by atoms with van der Waals surface area (Å²) in [7, 11) is 0. The lowest BCUT2D eigenvalue weighted by Crippen LogP contribution is -2.75. The van der Waals surface area contributed by atoms with E-state index in [0.29, 0.717) is 25.3 Å². The highest BCUT2D eigenvalue weighted by molar-refractivity contribution is 6.04. The van der Waals surface area contributed by atoms with E-state index in [-0.39, 0.29) is 48.4 Å². The Balaban J connectivity index is 0.00000252. The maximum absolute atomic E-state index is 13.7. The van der Waals surface area contributed by atoms with Gasteiger partial charge in [0.05, 0.1) is 16.6 Å². The summed E-state index contributed by atoms with van der Waals surface area (Å²) in [5.74, 6) is -2.40. The van der Waals surface area contributed by atoms with Crippen molar-refractivity contribution >= 4 is 11.6 Å². The summed E-state index contributed by atoms with van der Waals surface area (Å²) < 4.78 is 33.2. The molecule has 7 nitrogen and oxygen atoms in total. The van der Waals surface area contributed by atoms with Gasteiger partial charge in [-0.05, 0) is 61.9 Å². The Hall–Kier alpha value is -3.17. The van der Waals surface area contributed by atoms with Crippen molar-refractivity contribution in [3.05, 3.63) is 64.4 Å². The third-order valence-corrected chi connectivity index (χ3v) is 8.97. The first kappa shape index (κ1) is 24.2. The number of benzene rings is 2. The maximum Gasteiger partial charge on any atom is 0.255 e. The molecule has 3 aliphatic carbocycles. The summed E-state index contributed by atoms with van der Waals surface area (Å²) in [6.07, 6.45) is 2.18. The summed E-state index contributed by atoms with van der Waals surface area (Å²) >= 11 is 0. The number of phenols is 1. The summed E-state index contributed by atoms with van der Waals surface area (Å²) in [6, 6.07) is 6.13. The largest absolute Gasteiger partial charge is 0.508 e. The van der Waals surface area contributed by atoms with E-state index in [0.717, 1.165) is 42.6 Å². The van der Waals surface area contributed by atoms with E-state index in [2.05, 4.69) is 10.2 Å². The molecule has 2 aliphatic heterocycles. The molecule has 2 bridgehead atoms. The van der Waals surface area contributed by atoms with Crippen molar-refractivity contribution in [3.8, 4) is 11.5 Å². The fourth-order valence-electron chi connectivity index (χ4n) is 7.15. The molecule has 196 valence electrons. The monoisotopic (exact) mass is 512 g/mol. The minimum atomic E-state index is -1.44. The highest BCUT2D eigenvalue weighted by Gasteiger charge is 2.73. The van der Waals surface area contributed by atoms with E-state index in [1.165, 1.54) is 6.07 Å². The number of rotatable bonds is 4. The number of nitrogens with zero attached hydrogens (tertiary/aromatic N) is 1. The minimum Gasteiger partial charge on any atom is -0.508 e. The van der Waals surface area contributed by atoms with Gasteiger partial charge >= 0.3 is 0 Å². The standard InChI is InChI=1S/C27H26F2N2O5.CH4/c28-17-5-4-15(10-18(17)29)30-25(34)16-11-27(35)20-9-14-3-6-19(32)23-21(14)26(27,24(36-23)22(16)33)7-8-31(20)12-13-1-2-13;/h3-6,10,13,20,24,32-33,35H,1-2,7-9,11-12H2,(H,30,34);1H4/t20-,24+,26+,27-;/m1./s1. The van der Waals surface area contributed by atoms with Crippen LogP contribution < -0.4 is 10.1 Å². The van der Waals surface area contributed by atoms with Crippen LogP contribution in [0.2, 0.25) is 0 Å². The molecule has 1 spiro atoms. The van der Waals surface area contributed by atoms with Crippen molar-refractivity contribution in [2.45, 2.75) is 62.7 Å². The van der Waals surface area contributed by atoms with Gasteiger partial charge in [0, 0.05) is 36.3 Å². The van der Waals surface area contributed by atoms with Gasteiger partial charge in [-0.3, -0.25) is 9.69 Å². The Morgan fingerprint density at radius 2 is 1.95 bits per heavy atom. The van der Waals surface area contributed by atoms with E-state index in [1.54, 1.807) is 6.07 Å². The van der Waals surface area contributed by atoms with E-state index in [1.807, 2.05) is 6.07 Å². The van der Waals surface area contributed by atoms with Crippen molar-refractivity contribution in [1.82, 2.24) is 4.90 Å². The van der Waals surface area contributed by atoms with Crippen LogP contribution in [0.25, 0.3) is 0 Å². The van der Waals surface area contributed by atoms with Crippen LogP contribution in [0.5, 0.6) is 11.5 Å². The molecule has 37 heavy (non-hydrogen) atoms. The van der Waals surface area contributed by atoms with E-state index < -0.39 is 34.7 Å². The van der Waals surface area contributed by atoms with Crippen LogP contribution in [-0.4, -0.2) is 57.0 Å². The van der Waals surface area contributed by atoms with Crippen molar-refractivity contribution in [2.75, 3.05) is 18.4 Å². The van der Waals surface area contributed by atoms with Crippen LogP contribution in [0.3, 0.4) is 0 Å². The molecule has 0 radical (unpaired) electrons. The number of hydrogen-bond donors (Lipinski definition) is 4. The fourth-order valence-corrected chi connectivity index (χ4v) is 7.15. The second-order valence-corrected chi connectivity index (χ2v) is 10.9. The van der Waals surface area contributed by atoms with Gasteiger partial charge in [0.2, 0.25) is 0 Å². The molecule has 1 amide bonds. The van der Waals surface area contributed by atoms with Gasteiger partial charge in [0.1, 0.15) is 5.76 Å². The molecule has 2 heterocycles. The molecule has 0 unspecified atom stereocenters. The van der Waals surface area contributed by atoms with E-state index in [4.69, 9.17) is 4.74 Å². The number of likely N-dealkylation sites (tertiary alicyclic amines) is 1. The van der Waals surface area contributed by atoms with Gasteiger partial charge in [-0.15, -0.1) is 0 Å². The third-order valence-electron chi connectivity index (χ3n) is 8.97. The smallest absolute Gasteiger partial charge is 0.255 e. The summed E-state index contributed by atoms with van der Waals surface area (Å²) in [4.78, 5) is 15.6. The quantitative estimate of drug-likeness (QED) is 0.495. The first-order valence-electron chi connectivity index (χ1n) is 12.4. The Kier molecular flexibility index (Phi) is 5.17. The lowest BCUT2D eigenvalue weighted by atomic mass is 9.49.